The molecule has 0 radical (unpaired) electrons. The maximum Gasteiger partial charge on any atom is 0.407 e. The van der Waals surface area contributed by atoms with Gasteiger partial charge in [-0.15, -0.1) is 0 Å². The van der Waals surface area contributed by atoms with Gasteiger partial charge in [-0.05, 0) is 41.0 Å². The molecule has 0 spiro atoms. The normalized spacial score (nSPS) is 18.4. The molecule has 0 unspecified atom stereocenters. The van der Waals surface area contributed by atoms with Crippen molar-refractivity contribution in [1.29, 1.82) is 0 Å². The first-order valence-electron chi connectivity index (χ1n) is 11.1. The van der Waals surface area contributed by atoms with E-state index in [1.54, 1.807) is 0 Å². The summed E-state index contributed by atoms with van der Waals surface area (Å²) in [5.74, 6) is 2.90. The van der Waals surface area contributed by atoms with E-state index in [1.807, 2.05) is 30.2 Å². The summed E-state index contributed by atoms with van der Waals surface area (Å²) in [6, 6.07) is 16.2. The number of aliphatic carboxylic acids is 1. The minimum Gasteiger partial charge on any atom is -0.472 e. The Bertz CT molecular complexity index is 1070. The number of hydrogen-bond donors (Lipinski definition) is 3. The summed E-state index contributed by atoms with van der Waals surface area (Å²) in [5, 5.41) is 14.0. The highest BCUT2D eigenvalue weighted by Crippen LogP contribution is 2.44. The van der Waals surface area contributed by atoms with Crippen molar-refractivity contribution in [2.75, 3.05) is 13.2 Å². The van der Waals surface area contributed by atoms with Crippen molar-refractivity contribution < 1.29 is 24.2 Å². The molecule has 0 bridgehead atoms. The Morgan fingerprint density at radius 2 is 1.67 bits per heavy atom. The van der Waals surface area contributed by atoms with E-state index in [1.165, 1.54) is 11.1 Å². The maximum absolute atomic E-state index is 12.6. The molecule has 7 nitrogen and oxygen atoms in total. The molecule has 33 heavy (non-hydrogen) atoms. The third-order valence-corrected chi connectivity index (χ3v) is 6.32. The summed E-state index contributed by atoms with van der Waals surface area (Å²) in [4.78, 5) is 35.1. The van der Waals surface area contributed by atoms with Crippen LogP contribution in [0.4, 0.5) is 4.79 Å². The molecular weight excluding hydrogens is 420 g/mol. The van der Waals surface area contributed by atoms with Crippen LogP contribution in [0.1, 0.15) is 42.7 Å². The van der Waals surface area contributed by atoms with E-state index in [-0.39, 0.29) is 43.4 Å². The smallest absolute Gasteiger partial charge is 0.407 e. The number of ether oxygens (including phenoxy) is 1. The molecule has 2 aromatic rings. The summed E-state index contributed by atoms with van der Waals surface area (Å²) in [6.07, 6.45) is 2.33. The Kier molecular flexibility index (Phi) is 6.94. The van der Waals surface area contributed by atoms with Gasteiger partial charge in [-0.1, -0.05) is 60.9 Å². The topological polar surface area (TPSA) is 105 Å². The standard InChI is InChI=1S/C26H26N2O5/c29-24(27-14-6-13-25(30)31)15-17-7-5-12-23(17)28-26(32)33-16-22-20-10-3-1-8-18(20)19-9-2-4-11-21(19)22/h1-4,8-11,17,22-23H,5,7,12,14-16H2,(H,27,29)(H,28,32)(H,30,31)/t17-,23+/m0/s1. The summed E-state index contributed by atoms with van der Waals surface area (Å²) in [6.45, 7) is 0.238. The Balaban J connectivity index is 1.30. The van der Waals surface area contributed by atoms with Crippen molar-refractivity contribution in [3.8, 4) is 23.0 Å². The number of fused-ring (bicyclic) bond motifs is 3. The van der Waals surface area contributed by atoms with Gasteiger partial charge in [-0.3, -0.25) is 4.79 Å². The van der Waals surface area contributed by atoms with Gasteiger partial charge in [-0.2, -0.15) is 0 Å². The number of benzene rings is 2. The lowest BCUT2D eigenvalue weighted by Crippen LogP contribution is -2.40. The molecule has 0 aromatic heterocycles. The van der Waals surface area contributed by atoms with Crippen LogP contribution in [-0.2, 0) is 14.3 Å². The average Bonchev–Trinajstić information content (AvgIpc) is 3.37. The van der Waals surface area contributed by atoms with Crippen LogP contribution in [0.25, 0.3) is 11.1 Å². The second-order valence-corrected chi connectivity index (χ2v) is 8.36. The zero-order chi connectivity index (χ0) is 23.2. The fourth-order valence-corrected chi connectivity index (χ4v) is 4.84. The van der Waals surface area contributed by atoms with Gasteiger partial charge in [0.15, 0.2) is 0 Å². The number of carbonyl (C=O) groups is 3. The van der Waals surface area contributed by atoms with Crippen LogP contribution in [0.15, 0.2) is 48.5 Å². The molecule has 2 aliphatic rings. The summed E-state index contributed by atoms with van der Waals surface area (Å²) >= 11 is 0. The zero-order valence-electron chi connectivity index (χ0n) is 18.2. The number of carboxylic acids is 1. The van der Waals surface area contributed by atoms with Crippen LogP contribution in [-0.4, -0.2) is 42.3 Å². The number of carboxylic acid groups (broad SMARTS) is 1. The Hall–Kier alpha value is -3.79. The highest BCUT2D eigenvalue weighted by molar-refractivity contribution is 5.86. The van der Waals surface area contributed by atoms with Crippen LogP contribution in [0.3, 0.4) is 0 Å². The highest BCUT2D eigenvalue weighted by Gasteiger charge is 2.32. The number of rotatable bonds is 6. The van der Waals surface area contributed by atoms with Gasteiger partial charge < -0.3 is 20.5 Å². The van der Waals surface area contributed by atoms with Gasteiger partial charge in [0.25, 0.3) is 0 Å². The first kappa shape index (κ1) is 22.4. The molecule has 3 N–H and O–H groups in total. The van der Waals surface area contributed by atoms with E-state index in [4.69, 9.17) is 9.84 Å². The molecule has 2 atom stereocenters. The van der Waals surface area contributed by atoms with Gasteiger partial charge in [-0.25, -0.2) is 9.59 Å². The summed E-state index contributed by atoms with van der Waals surface area (Å²) < 4.78 is 5.63. The fourth-order valence-electron chi connectivity index (χ4n) is 4.84. The van der Waals surface area contributed by atoms with Gasteiger partial charge in [0.05, 0.1) is 6.54 Å². The van der Waals surface area contributed by atoms with Crippen molar-refractivity contribution in [1.82, 2.24) is 10.6 Å². The minimum atomic E-state index is -1.23. The average molecular weight is 447 g/mol. The highest BCUT2D eigenvalue weighted by atomic mass is 16.5. The van der Waals surface area contributed by atoms with E-state index in [0.29, 0.717) is 0 Å². The van der Waals surface area contributed by atoms with Crippen molar-refractivity contribution in [2.24, 2.45) is 5.92 Å². The molecule has 2 aliphatic carbocycles. The molecule has 2 amide bonds. The number of nitrogens with one attached hydrogen (secondary N) is 2. The van der Waals surface area contributed by atoms with Gasteiger partial charge >= 0.3 is 12.1 Å². The second kappa shape index (κ2) is 10.2. The summed E-state index contributed by atoms with van der Waals surface area (Å²) in [5.41, 5.74) is 4.68. The van der Waals surface area contributed by atoms with Crippen LogP contribution >= 0.6 is 0 Å². The number of alkyl carbamates (subject to hydrolysis) is 1. The first-order chi connectivity index (χ1) is 16.0. The number of amides is 2. The molecule has 2 aromatic carbocycles. The lowest BCUT2D eigenvalue weighted by molar-refractivity contribution is -0.130. The van der Waals surface area contributed by atoms with Crippen LogP contribution in [0.5, 0.6) is 0 Å². The van der Waals surface area contributed by atoms with Crippen LogP contribution in [0.2, 0.25) is 0 Å². The molecular formula is C26H26N2O5. The zero-order valence-corrected chi connectivity index (χ0v) is 18.2. The number of carbonyl (C=O) groups excluding carboxylic acids is 2. The third kappa shape index (κ3) is 5.35. The van der Waals surface area contributed by atoms with E-state index in [0.717, 1.165) is 30.4 Å². The van der Waals surface area contributed by atoms with Crippen molar-refractivity contribution in [3.05, 3.63) is 59.7 Å². The molecule has 170 valence electrons. The van der Waals surface area contributed by atoms with E-state index in [2.05, 4.69) is 40.8 Å². The van der Waals surface area contributed by atoms with Crippen molar-refractivity contribution >= 4 is 18.0 Å². The van der Waals surface area contributed by atoms with Crippen LogP contribution in [0, 0.1) is 17.8 Å². The largest absolute Gasteiger partial charge is 0.472 e. The maximum atomic E-state index is 12.6. The third-order valence-electron chi connectivity index (χ3n) is 6.32. The molecule has 0 heterocycles. The first-order valence-corrected chi connectivity index (χ1v) is 11.1. The minimum absolute atomic E-state index is 0.000199. The van der Waals surface area contributed by atoms with Crippen LogP contribution < -0.4 is 10.6 Å². The van der Waals surface area contributed by atoms with Crippen molar-refractivity contribution in [3.63, 3.8) is 0 Å². The lowest BCUT2D eigenvalue weighted by atomic mass is 9.98. The van der Waals surface area contributed by atoms with E-state index in [9.17, 15) is 14.4 Å². The van der Waals surface area contributed by atoms with Crippen molar-refractivity contribution in [2.45, 2.75) is 37.6 Å². The molecule has 7 heteroatoms. The number of hydrogen-bond acceptors (Lipinski definition) is 4. The predicted octanol–water partition coefficient (Wildman–Crippen LogP) is 3.29. The SMILES string of the molecule is O=C(O)C#CCNC(=O)C[C@@H]1CCC[C@H]1NC(=O)OCC1c2ccccc2-c2ccccc21. The second-order valence-electron chi connectivity index (χ2n) is 8.36. The van der Waals surface area contributed by atoms with E-state index >= 15 is 0 Å². The van der Waals surface area contributed by atoms with E-state index < -0.39 is 12.1 Å². The quantitative estimate of drug-likeness (QED) is 0.591. The molecule has 0 aliphatic heterocycles. The molecule has 0 saturated heterocycles. The Labute approximate surface area is 192 Å². The summed E-state index contributed by atoms with van der Waals surface area (Å²) in [7, 11) is 0. The predicted molar refractivity (Wildman–Crippen MR) is 122 cm³/mol. The van der Waals surface area contributed by atoms with Gasteiger partial charge in [0, 0.05) is 24.3 Å². The Morgan fingerprint density at radius 1 is 1.00 bits per heavy atom. The lowest BCUT2D eigenvalue weighted by Gasteiger charge is -2.21. The Morgan fingerprint density at radius 3 is 2.33 bits per heavy atom. The molecule has 1 saturated carbocycles. The molecule has 1 fully saturated rings. The van der Waals surface area contributed by atoms with Gasteiger partial charge in [0.2, 0.25) is 5.91 Å². The monoisotopic (exact) mass is 446 g/mol. The molecule has 4 rings (SSSR count). The van der Waals surface area contributed by atoms with Gasteiger partial charge in [0.1, 0.15) is 6.61 Å². The fraction of sp³-hybridized carbons (Fsp3) is 0.346.